The number of halogens is 3. The molecule has 0 aliphatic heterocycles. The van der Waals surface area contributed by atoms with Gasteiger partial charge >= 0.3 is 6.18 Å². The van der Waals surface area contributed by atoms with Crippen LogP contribution < -0.4 is 5.32 Å². The predicted molar refractivity (Wildman–Crippen MR) is 93.5 cm³/mol. The molecule has 3 rings (SSSR count). The number of aryl methyl sites for hydroxylation is 2. The lowest BCUT2D eigenvalue weighted by molar-refractivity contribution is -0.138. The topological polar surface area (TPSA) is 46.9 Å². The summed E-state index contributed by atoms with van der Waals surface area (Å²) >= 11 is 1.23. The third-order valence-electron chi connectivity index (χ3n) is 3.84. The summed E-state index contributed by atoms with van der Waals surface area (Å²) in [7, 11) is 0. The average molecular weight is 379 g/mol. The van der Waals surface area contributed by atoms with Gasteiger partial charge in [-0.2, -0.15) is 18.3 Å². The molecule has 0 unspecified atom stereocenters. The molecule has 8 heteroatoms. The van der Waals surface area contributed by atoms with Gasteiger partial charge in [-0.1, -0.05) is 12.1 Å². The van der Waals surface area contributed by atoms with Crippen molar-refractivity contribution in [1.29, 1.82) is 0 Å². The summed E-state index contributed by atoms with van der Waals surface area (Å²) in [6.45, 7) is 3.36. The SMILES string of the molecule is Cc1cc(C)n(-c2ccc(CNC(=O)c3cccs3)c(C(F)(F)F)c2)n1. The molecule has 2 aromatic heterocycles. The van der Waals surface area contributed by atoms with E-state index in [0.717, 1.165) is 17.5 Å². The van der Waals surface area contributed by atoms with Gasteiger partial charge in [-0.05, 0) is 49.1 Å². The van der Waals surface area contributed by atoms with Crippen LogP contribution in [0.5, 0.6) is 0 Å². The standard InChI is InChI=1S/C18H16F3N3OS/c1-11-8-12(2)24(23-11)14-6-5-13(15(9-14)18(19,20)21)10-22-17(25)16-4-3-7-26-16/h3-9H,10H2,1-2H3,(H,22,25). The van der Waals surface area contributed by atoms with Crippen LogP contribution in [0.1, 0.15) is 32.2 Å². The number of thiophene rings is 1. The number of nitrogens with one attached hydrogen (secondary N) is 1. The van der Waals surface area contributed by atoms with Crippen molar-refractivity contribution in [3.05, 3.63) is 69.2 Å². The van der Waals surface area contributed by atoms with Crippen molar-refractivity contribution >= 4 is 17.2 Å². The fourth-order valence-electron chi connectivity index (χ4n) is 2.67. The second kappa shape index (κ2) is 6.95. The van der Waals surface area contributed by atoms with Gasteiger partial charge in [-0.15, -0.1) is 11.3 Å². The van der Waals surface area contributed by atoms with Crippen molar-refractivity contribution in [3.8, 4) is 5.69 Å². The summed E-state index contributed by atoms with van der Waals surface area (Å²) in [5.41, 5.74) is 1.02. The quantitative estimate of drug-likeness (QED) is 0.726. The van der Waals surface area contributed by atoms with E-state index in [4.69, 9.17) is 0 Å². The number of carbonyl (C=O) groups is 1. The third-order valence-corrected chi connectivity index (χ3v) is 4.71. The second-order valence-electron chi connectivity index (χ2n) is 5.84. The lowest BCUT2D eigenvalue weighted by Gasteiger charge is -2.15. The fourth-order valence-corrected chi connectivity index (χ4v) is 3.31. The van der Waals surface area contributed by atoms with E-state index < -0.39 is 17.6 Å². The van der Waals surface area contributed by atoms with E-state index in [1.54, 1.807) is 43.5 Å². The zero-order chi connectivity index (χ0) is 18.9. The van der Waals surface area contributed by atoms with Crippen molar-refractivity contribution < 1.29 is 18.0 Å². The first-order valence-electron chi connectivity index (χ1n) is 7.81. The van der Waals surface area contributed by atoms with Gasteiger partial charge in [0.15, 0.2) is 0 Å². The summed E-state index contributed by atoms with van der Waals surface area (Å²) in [6.07, 6.45) is -4.53. The Bertz CT molecular complexity index is 930. The first-order valence-corrected chi connectivity index (χ1v) is 8.69. The number of amides is 1. The summed E-state index contributed by atoms with van der Waals surface area (Å²) in [5.74, 6) is -0.393. The van der Waals surface area contributed by atoms with Crippen LogP contribution in [-0.4, -0.2) is 15.7 Å². The molecular formula is C18H16F3N3OS. The van der Waals surface area contributed by atoms with Crippen molar-refractivity contribution in [3.63, 3.8) is 0 Å². The molecule has 0 saturated heterocycles. The van der Waals surface area contributed by atoms with Crippen LogP contribution in [0.15, 0.2) is 41.8 Å². The Kier molecular flexibility index (Phi) is 4.86. The predicted octanol–water partition coefficient (Wildman–Crippen LogP) is 4.50. The van der Waals surface area contributed by atoms with Crippen molar-refractivity contribution in [2.75, 3.05) is 0 Å². The molecule has 0 bridgehead atoms. The maximum absolute atomic E-state index is 13.5. The Morgan fingerprint density at radius 2 is 2.00 bits per heavy atom. The van der Waals surface area contributed by atoms with E-state index in [1.165, 1.54) is 22.1 Å². The van der Waals surface area contributed by atoms with E-state index in [2.05, 4.69) is 10.4 Å². The minimum Gasteiger partial charge on any atom is -0.347 e. The van der Waals surface area contributed by atoms with Gasteiger partial charge in [0, 0.05) is 12.2 Å². The number of nitrogens with zero attached hydrogens (tertiary/aromatic N) is 2. The molecule has 0 spiro atoms. The highest BCUT2D eigenvalue weighted by Gasteiger charge is 2.34. The number of alkyl halides is 3. The van der Waals surface area contributed by atoms with Gasteiger partial charge in [0.25, 0.3) is 5.91 Å². The van der Waals surface area contributed by atoms with Gasteiger partial charge < -0.3 is 5.32 Å². The van der Waals surface area contributed by atoms with Crippen LogP contribution >= 0.6 is 11.3 Å². The summed E-state index contributed by atoms with van der Waals surface area (Å²) in [6, 6.07) is 9.14. The smallest absolute Gasteiger partial charge is 0.347 e. The number of hydrogen-bond donors (Lipinski definition) is 1. The van der Waals surface area contributed by atoms with Crippen LogP contribution in [0.4, 0.5) is 13.2 Å². The van der Waals surface area contributed by atoms with Crippen molar-refractivity contribution in [1.82, 2.24) is 15.1 Å². The highest BCUT2D eigenvalue weighted by molar-refractivity contribution is 7.12. The number of carbonyl (C=O) groups excluding carboxylic acids is 1. The highest BCUT2D eigenvalue weighted by Crippen LogP contribution is 2.33. The molecule has 1 aromatic carbocycles. The number of aromatic nitrogens is 2. The molecule has 1 amide bonds. The average Bonchev–Trinajstić information content (AvgIpc) is 3.21. The Morgan fingerprint density at radius 1 is 1.23 bits per heavy atom. The maximum Gasteiger partial charge on any atom is 0.416 e. The van der Waals surface area contributed by atoms with Crippen LogP contribution in [-0.2, 0) is 12.7 Å². The van der Waals surface area contributed by atoms with Crippen molar-refractivity contribution in [2.45, 2.75) is 26.6 Å². The van der Waals surface area contributed by atoms with E-state index in [9.17, 15) is 18.0 Å². The molecule has 2 heterocycles. The molecule has 4 nitrogen and oxygen atoms in total. The largest absolute Gasteiger partial charge is 0.416 e. The Hall–Kier alpha value is -2.61. The Morgan fingerprint density at radius 3 is 2.58 bits per heavy atom. The maximum atomic E-state index is 13.5. The Labute approximate surface area is 152 Å². The molecule has 0 radical (unpaired) electrons. The van der Waals surface area contributed by atoms with Gasteiger partial charge in [0.05, 0.1) is 21.8 Å². The van der Waals surface area contributed by atoms with Crippen LogP contribution in [0, 0.1) is 13.8 Å². The molecule has 0 fully saturated rings. The minimum atomic E-state index is -4.53. The van der Waals surface area contributed by atoms with Gasteiger partial charge in [0.2, 0.25) is 0 Å². The monoisotopic (exact) mass is 379 g/mol. The molecular weight excluding hydrogens is 363 g/mol. The van der Waals surface area contributed by atoms with Gasteiger partial charge in [-0.3, -0.25) is 4.79 Å². The zero-order valence-electron chi connectivity index (χ0n) is 14.1. The van der Waals surface area contributed by atoms with E-state index >= 15 is 0 Å². The zero-order valence-corrected chi connectivity index (χ0v) is 14.9. The molecule has 0 saturated carbocycles. The van der Waals surface area contributed by atoms with Crippen LogP contribution in [0.3, 0.4) is 0 Å². The highest BCUT2D eigenvalue weighted by atomic mass is 32.1. The number of rotatable bonds is 4. The summed E-state index contributed by atoms with van der Waals surface area (Å²) in [5, 5.41) is 8.50. The first-order chi connectivity index (χ1) is 12.3. The van der Waals surface area contributed by atoms with Gasteiger partial charge in [-0.25, -0.2) is 4.68 Å². The number of benzene rings is 1. The van der Waals surface area contributed by atoms with E-state index in [0.29, 0.717) is 10.6 Å². The minimum absolute atomic E-state index is 0.00712. The lowest BCUT2D eigenvalue weighted by Crippen LogP contribution is -2.24. The number of hydrogen-bond acceptors (Lipinski definition) is 3. The normalized spacial score (nSPS) is 11.6. The molecule has 3 aromatic rings. The van der Waals surface area contributed by atoms with Crippen molar-refractivity contribution in [2.24, 2.45) is 0 Å². The molecule has 0 aliphatic carbocycles. The van der Waals surface area contributed by atoms with E-state index in [1.807, 2.05) is 0 Å². The lowest BCUT2D eigenvalue weighted by atomic mass is 10.1. The molecule has 0 aliphatic rings. The molecule has 136 valence electrons. The second-order valence-corrected chi connectivity index (χ2v) is 6.79. The van der Waals surface area contributed by atoms with E-state index in [-0.39, 0.29) is 12.1 Å². The van der Waals surface area contributed by atoms with Gasteiger partial charge in [0.1, 0.15) is 0 Å². The summed E-state index contributed by atoms with van der Waals surface area (Å²) < 4.78 is 42.0. The third kappa shape index (κ3) is 3.80. The summed E-state index contributed by atoms with van der Waals surface area (Å²) in [4.78, 5) is 12.4. The van der Waals surface area contributed by atoms with Crippen LogP contribution in [0.2, 0.25) is 0 Å². The fraction of sp³-hybridized carbons (Fsp3) is 0.222. The molecule has 1 N–H and O–H groups in total. The van der Waals surface area contributed by atoms with Crippen LogP contribution in [0.25, 0.3) is 5.69 Å². The molecule has 26 heavy (non-hydrogen) atoms. The molecule has 0 atom stereocenters. The Balaban J connectivity index is 1.90. The first kappa shape index (κ1) is 18.2.